The van der Waals surface area contributed by atoms with Gasteiger partial charge in [-0.15, -0.1) is 11.3 Å². The maximum Gasteiger partial charge on any atom is 0.237 e. The smallest absolute Gasteiger partial charge is 0.237 e. The summed E-state index contributed by atoms with van der Waals surface area (Å²) in [4.78, 5) is 17.4. The number of nitrogens with two attached hydrogens (primary N) is 1. The van der Waals surface area contributed by atoms with Crippen LogP contribution in [0.5, 0.6) is 0 Å². The number of thiazole rings is 1. The van der Waals surface area contributed by atoms with Gasteiger partial charge in [0.15, 0.2) is 0 Å². The molecule has 0 fully saturated rings. The van der Waals surface area contributed by atoms with Crippen LogP contribution in [-0.4, -0.2) is 28.9 Å². The van der Waals surface area contributed by atoms with Crippen LogP contribution in [0.3, 0.4) is 0 Å². The molecule has 102 valence electrons. The quantitative estimate of drug-likeness (QED) is 0.804. The number of aromatic nitrogens is 1. The van der Waals surface area contributed by atoms with Crippen molar-refractivity contribution in [2.75, 3.05) is 12.0 Å². The van der Waals surface area contributed by atoms with E-state index in [1.807, 2.05) is 19.4 Å². The fourth-order valence-electron chi connectivity index (χ4n) is 1.44. The number of nitrogens with one attached hydrogen (secondary N) is 1. The van der Waals surface area contributed by atoms with E-state index in [4.69, 9.17) is 5.73 Å². The molecule has 0 spiro atoms. The Morgan fingerprint density at radius 1 is 1.67 bits per heavy atom. The van der Waals surface area contributed by atoms with Gasteiger partial charge in [-0.2, -0.15) is 11.8 Å². The zero-order valence-corrected chi connectivity index (χ0v) is 12.7. The number of carbonyl (C=O) groups excluding carboxylic acids is 1. The molecule has 0 aromatic carbocycles. The molecule has 3 N–H and O–H groups in total. The molecular formula is C12H21N3OS2. The number of thioether (sulfide) groups is 1. The monoisotopic (exact) mass is 287 g/mol. The third kappa shape index (κ3) is 4.59. The fourth-order valence-corrected chi connectivity index (χ4v) is 2.79. The van der Waals surface area contributed by atoms with Gasteiger partial charge < -0.3 is 11.1 Å². The van der Waals surface area contributed by atoms with E-state index in [1.165, 1.54) is 4.88 Å². The molecule has 1 unspecified atom stereocenters. The van der Waals surface area contributed by atoms with Gasteiger partial charge in [0.2, 0.25) is 5.91 Å². The number of amides is 1. The van der Waals surface area contributed by atoms with Crippen molar-refractivity contribution >= 4 is 29.0 Å². The summed E-state index contributed by atoms with van der Waals surface area (Å²) in [6.45, 7) is 4.04. The molecule has 1 heterocycles. The Kier molecular flexibility index (Phi) is 6.67. The summed E-state index contributed by atoms with van der Waals surface area (Å²) in [6, 6.07) is -0.492. The Morgan fingerprint density at radius 2 is 2.39 bits per heavy atom. The maximum absolute atomic E-state index is 11.8. The van der Waals surface area contributed by atoms with Gasteiger partial charge in [-0.25, -0.2) is 4.98 Å². The van der Waals surface area contributed by atoms with Gasteiger partial charge in [-0.05, 0) is 31.8 Å². The van der Waals surface area contributed by atoms with Gasteiger partial charge in [0.25, 0.3) is 0 Å². The molecule has 1 amide bonds. The summed E-state index contributed by atoms with van der Waals surface area (Å²) < 4.78 is 0. The minimum absolute atomic E-state index is 0.0665. The summed E-state index contributed by atoms with van der Waals surface area (Å²) in [6.07, 6.45) is 5.56. The Bertz CT molecular complexity index is 381. The van der Waals surface area contributed by atoms with E-state index in [0.29, 0.717) is 6.42 Å². The minimum Gasteiger partial charge on any atom is -0.346 e. The molecule has 4 nitrogen and oxygen atoms in total. The van der Waals surface area contributed by atoms with Crippen LogP contribution in [-0.2, 0) is 11.2 Å². The maximum atomic E-state index is 11.8. The van der Waals surface area contributed by atoms with Crippen molar-refractivity contribution in [3.05, 3.63) is 16.1 Å². The van der Waals surface area contributed by atoms with Gasteiger partial charge in [0, 0.05) is 11.1 Å². The first-order valence-electron chi connectivity index (χ1n) is 6.08. The lowest BCUT2D eigenvalue weighted by atomic mass is 10.2. The largest absolute Gasteiger partial charge is 0.346 e. The Balaban J connectivity index is 2.48. The van der Waals surface area contributed by atoms with E-state index in [9.17, 15) is 4.79 Å². The summed E-state index contributed by atoms with van der Waals surface area (Å²) >= 11 is 3.34. The van der Waals surface area contributed by atoms with E-state index >= 15 is 0 Å². The Labute approximate surface area is 117 Å². The zero-order valence-electron chi connectivity index (χ0n) is 11.1. The molecule has 0 radical (unpaired) electrons. The topological polar surface area (TPSA) is 68.0 Å². The van der Waals surface area contributed by atoms with Crippen molar-refractivity contribution in [2.45, 2.75) is 38.8 Å². The van der Waals surface area contributed by atoms with Gasteiger partial charge in [-0.1, -0.05) is 6.92 Å². The number of rotatable bonds is 7. The zero-order chi connectivity index (χ0) is 13.5. The molecule has 6 heteroatoms. The van der Waals surface area contributed by atoms with Crippen LogP contribution in [0.15, 0.2) is 6.20 Å². The van der Waals surface area contributed by atoms with Crippen LogP contribution in [0.1, 0.15) is 36.2 Å². The summed E-state index contributed by atoms with van der Waals surface area (Å²) in [5, 5.41) is 3.86. The van der Waals surface area contributed by atoms with Crippen LogP contribution in [0, 0.1) is 0 Å². The highest BCUT2D eigenvalue weighted by atomic mass is 32.2. The summed E-state index contributed by atoms with van der Waals surface area (Å²) in [5.74, 6) is 0.810. The second-order valence-corrected chi connectivity index (χ2v) is 6.27. The molecule has 1 aromatic rings. The molecule has 0 aliphatic carbocycles. The molecule has 18 heavy (non-hydrogen) atoms. The first kappa shape index (κ1) is 15.5. The molecule has 0 aliphatic heterocycles. The van der Waals surface area contributed by atoms with Crippen LogP contribution < -0.4 is 11.1 Å². The van der Waals surface area contributed by atoms with E-state index in [1.54, 1.807) is 23.1 Å². The predicted octanol–water partition coefficient (Wildman–Crippen LogP) is 1.96. The van der Waals surface area contributed by atoms with Gasteiger partial charge in [-0.3, -0.25) is 4.79 Å². The second kappa shape index (κ2) is 7.76. The number of carbonyl (C=O) groups is 1. The van der Waals surface area contributed by atoms with Crippen molar-refractivity contribution in [2.24, 2.45) is 5.73 Å². The van der Waals surface area contributed by atoms with Gasteiger partial charge in [0.05, 0.1) is 12.1 Å². The van der Waals surface area contributed by atoms with Gasteiger partial charge >= 0.3 is 0 Å². The van der Waals surface area contributed by atoms with Crippen molar-refractivity contribution in [3.8, 4) is 0 Å². The summed E-state index contributed by atoms with van der Waals surface area (Å²) in [7, 11) is 0. The van der Waals surface area contributed by atoms with E-state index in [2.05, 4.69) is 17.2 Å². The average Bonchev–Trinajstić information content (AvgIpc) is 2.84. The first-order valence-corrected chi connectivity index (χ1v) is 8.29. The van der Waals surface area contributed by atoms with E-state index < -0.39 is 6.04 Å². The lowest BCUT2D eigenvalue weighted by molar-refractivity contribution is -0.123. The Morgan fingerprint density at radius 3 is 2.94 bits per heavy atom. The molecular weight excluding hydrogens is 266 g/mol. The number of hydrogen-bond donors (Lipinski definition) is 2. The highest BCUT2D eigenvalue weighted by Crippen LogP contribution is 2.20. The van der Waals surface area contributed by atoms with Crippen molar-refractivity contribution in [1.29, 1.82) is 0 Å². The van der Waals surface area contributed by atoms with Crippen molar-refractivity contribution < 1.29 is 4.79 Å². The highest BCUT2D eigenvalue weighted by molar-refractivity contribution is 7.98. The molecule has 2 atom stereocenters. The van der Waals surface area contributed by atoms with E-state index in [0.717, 1.165) is 17.2 Å². The van der Waals surface area contributed by atoms with Crippen molar-refractivity contribution in [3.63, 3.8) is 0 Å². The second-order valence-electron chi connectivity index (χ2n) is 4.14. The molecule has 1 aromatic heterocycles. The van der Waals surface area contributed by atoms with E-state index in [-0.39, 0.29) is 11.9 Å². The first-order chi connectivity index (χ1) is 8.58. The Hall–Kier alpha value is -0.590. The van der Waals surface area contributed by atoms with Gasteiger partial charge in [0.1, 0.15) is 5.01 Å². The third-order valence-corrected chi connectivity index (χ3v) is 4.59. The standard InChI is InChI=1S/C12H21N3OS2/c1-4-9-7-14-12(18-9)8(2)15-11(16)10(13)5-6-17-3/h7-8,10H,4-6,13H2,1-3H3,(H,15,16)/t8?,10-/m0/s1. The van der Waals surface area contributed by atoms with Crippen LogP contribution in [0.25, 0.3) is 0 Å². The highest BCUT2D eigenvalue weighted by Gasteiger charge is 2.17. The predicted molar refractivity (Wildman–Crippen MR) is 79.0 cm³/mol. The number of hydrogen-bond acceptors (Lipinski definition) is 5. The molecule has 0 aliphatic rings. The van der Waals surface area contributed by atoms with Crippen LogP contribution in [0.4, 0.5) is 0 Å². The number of nitrogens with zero attached hydrogens (tertiary/aromatic N) is 1. The van der Waals surface area contributed by atoms with Crippen LogP contribution >= 0.6 is 23.1 Å². The normalized spacial score (nSPS) is 14.2. The molecule has 1 rings (SSSR count). The van der Waals surface area contributed by atoms with Crippen LogP contribution in [0.2, 0.25) is 0 Å². The average molecular weight is 287 g/mol. The molecule has 0 saturated carbocycles. The SMILES string of the molecule is CCc1cnc(C(C)NC(=O)[C@@H](N)CCSC)s1. The lowest BCUT2D eigenvalue weighted by Gasteiger charge is -2.15. The summed E-state index contributed by atoms with van der Waals surface area (Å²) in [5.41, 5.74) is 5.82. The number of aryl methyl sites for hydroxylation is 1. The molecule has 0 bridgehead atoms. The minimum atomic E-state index is -0.425. The third-order valence-electron chi connectivity index (χ3n) is 2.62. The van der Waals surface area contributed by atoms with Crippen molar-refractivity contribution in [1.82, 2.24) is 10.3 Å². The fraction of sp³-hybridized carbons (Fsp3) is 0.667. The molecule has 0 saturated heterocycles. The lowest BCUT2D eigenvalue weighted by Crippen LogP contribution is -2.41.